The number of amides is 2. The van der Waals surface area contributed by atoms with Crippen molar-refractivity contribution < 1.29 is 18.0 Å². The number of hydrogen-bond acceptors (Lipinski definition) is 4. The molecule has 0 saturated heterocycles. The molecule has 0 radical (unpaired) electrons. The molecule has 0 heterocycles. The van der Waals surface area contributed by atoms with Gasteiger partial charge in [-0.3, -0.25) is 13.9 Å². The van der Waals surface area contributed by atoms with Gasteiger partial charge in [-0.05, 0) is 73.9 Å². The molecule has 1 saturated carbocycles. The molecule has 0 spiro atoms. The van der Waals surface area contributed by atoms with Gasteiger partial charge in [0.1, 0.15) is 12.6 Å². The fourth-order valence-corrected chi connectivity index (χ4v) is 6.62. The second-order valence-corrected chi connectivity index (χ2v) is 13.2. The Morgan fingerprint density at radius 3 is 2.20 bits per heavy atom. The maximum absolute atomic E-state index is 14.0. The van der Waals surface area contributed by atoms with Gasteiger partial charge in [0, 0.05) is 22.1 Å². The quantitative estimate of drug-likeness (QED) is 0.286. The average Bonchev–Trinajstić information content (AvgIpc) is 2.96. The van der Waals surface area contributed by atoms with Gasteiger partial charge in [-0.15, -0.1) is 0 Å². The average molecular weight is 647 g/mol. The minimum Gasteiger partial charge on any atom is -0.352 e. The van der Waals surface area contributed by atoms with Gasteiger partial charge >= 0.3 is 0 Å². The van der Waals surface area contributed by atoms with Crippen LogP contribution in [0.15, 0.2) is 88.2 Å². The molecule has 2 amide bonds. The van der Waals surface area contributed by atoms with Crippen molar-refractivity contribution in [2.75, 3.05) is 10.8 Å². The van der Waals surface area contributed by atoms with Gasteiger partial charge in [0.25, 0.3) is 10.0 Å². The fourth-order valence-electron chi connectivity index (χ4n) is 4.79. The third-order valence-corrected chi connectivity index (χ3v) is 9.68. The van der Waals surface area contributed by atoms with E-state index in [-0.39, 0.29) is 23.4 Å². The van der Waals surface area contributed by atoms with Crippen LogP contribution in [-0.2, 0) is 26.2 Å². The number of carbonyl (C=O) groups excluding carboxylic acids is 2. The molecular formula is C30H33BrClN3O4S. The van der Waals surface area contributed by atoms with E-state index in [1.807, 2.05) is 0 Å². The summed E-state index contributed by atoms with van der Waals surface area (Å²) in [6.45, 7) is 1.32. The molecule has 1 unspecified atom stereocenters. The Labute approximate surface area is 249 Å². The highest BCUT2D eigenvalue weighted by atomic mass is 79.9. The summed E-state index contributed by atoms with van der Waals surface area (Å²) in [6.07, 6.45) is 5.11. The molecule has 10 heteroatoms. The maximum Gasteiger partial charge on any atom is 0.264 e. The summed E-state index contributed by atoms with van der Waals surface area (Å²) >= 11 is 9.45. The zero-order chi connectivity index (χ0) is 28.7. The van der Waals surface area contributed by atoms with Crippen molar-refractivity contribution in [3.63, 3.8) is 0 Å². The van der Waals surface area contributed by atoms with Crippen molar-refractivity contribution in [2.45, 2.75) is 62.6 Å². The molecule has 4 rings (SSSR count). The monoisotopic (exact) mass is 645 g/mol. The van der Waals surface area contributed by atoms with Gasteiger partial charge in [-0.1, -0.05) is 77.1 Å². The minimum atomic E-state index is -4.09. The fraction of sp³-hybridized carbons (Fsp3) is 0.333. The molecule has 7 nitrogen and oxygen atoms in total. The van der Waals surface area contributed by atoms with Gasteiger partial charge in [0.15, 0.2) is 0 Å². The maximum atomic E-state index is 14.0. The molecule has 1 fully saturated rings. The molecular weight excluding hydrogens is 614 g/mol. The van der Waals surface area contributed by atoms with E-state index in [0.29, 0.717) is 10.7 Å². The summed E-state index contributed by atoms with van der Waals surface area (Å²) in [5.74, 6) is -0.751. The highest BCUT2D eigenvalue weighted by Crippen LogP contribution is 2.26. The predicted molar refractivity (Wildman–Crippen MR) is 162 cm³/mol. The third kappa shape index (κ3) is 7.65. The third-order valence-electron chi connectivity index (χ3n) is 7.11. The Morgan fingerprint density at radius 2 is 1.57 bits per heavy atom. The number of hydrogen-bond donors (Lipinski definition) is 1. The summed E-state index contributed by atoms with van der Waals surface area (Å²) in [6, 6.07) is 21.0. The van der Waals surface area contributed by atoms with E-state index in [0.717, 1.165) is 46.4 Å². The van der Waals surface area contributed by atoms with Gasteiger partial charge in [-0.25, -0.2) is 8.42 Å². The van der Waals surface area contributed by atoms with E-state index in [9.17, 15) is 18.0 Å². The Hall–Kier alpha value is -2.88. The summed E-state index contributed by atoms with van der Waals surface area (Å²) in [5.41, 5.74) is 1.11. The molecule has 0 aromatic heterocycles. The van der Waals surface area contributed by atoms with Crippen molar-refractivity contribution in [2.24, 2.45) is 0 Å². The second kappa shape index (κ2) is 13.7. The first-order valence-electron chi connectivity index (χ1n) is 13.3. The van der Waals surface area contributed by atoms with Crippen LogP contribution >= 0.6 is 27.5 Å². The number of halogens is 2. The van der Waals surface area contributed by atoms with Crippen molar-refractivity contribution in [3.8, 4) is 0 Å². The number of benzene rings is 3. The van der Waals surface area contributed by atoms with E-state index in [4.69, 9.17) is 11.6 Å². The summed E-state index contributed by atoms with van der Waals surface area (Å²) in [4.78, 5) is 28.8. The lowest BCUT2D eigenvalue weighted by atomic mass is 9.95. The van der Waals surface area contributed by atoms with Gasteiger partial charge < -0.3 is 10.2 Å². The highest BCUT2D eigenvalue weighted by molar-refractivity contribution is 9.10. The lowest BCUT2D eigenvalue weighted by Crippen LogP contribution is -2.53. The zero-order valence-electron chi connectivity index (χ0n) is 22.3. The van der Waals surface area contributed by atoms with Crippen LogP contribution in [0.1, 0.15) is 44.6 Å². The van der Waals surface area contributed by atoms with Gasteiger partial charge in [-0.2, -0.15) is 0 Å². The van der Waals surface area contributed by atoms with Crippen LogP contribution in [0.4, 0.5) is 5.69 Å². The van der Waals surface area contributed by atoms with E-state index in [2.05, 4.69) is 21.2 Å². The van der Waals surface area contributed by atoms with Gasteiger partial charge in [0.05, 0.1) is 10.6 Å². The van der Waals surface area contributed by atoms with E-state index in [1.165, 1.54) is 17.0 Å². The van der Waals surface area contributed by atoms with Crippen LogP contribution in [-0.4, -0.2) is 43.8 Å². The lowest BCUT2D eigenvalue weighted by Gasteiger charge is -2.33. The molecule has 212 valence electrons. The van der Waals surface area contributed by atoms with Crippen molar-refractivity contribution in [1.29, 1.82) is 0 Å². The van der Waals surface area contributed by atoms with Crippen LogP contribution in [0.25, 0.3) is 0 Å². The van der Waals surface area contributed by atoms with Gasteiger partial charge in [0.2, 0.25) is 11.8 Å². The topological polar surface area (TPSA) is 86.8 Å². The van der Waals surface area contributed by atoms with Crippen LogP contribution in [0.5, 0.6) is 0 Å². The SMILES string of the molecule is CC(C(=O)NC1CCCCC1)N(Cc1ccc(Cl)cc1)C(=O)CN(c1ccc(Br)cc1)S(=O)(=O)c1ccccc1. The summed E-state index contributed by atoms with van der Waals surface area (Å²) < 4.78 is 29.4. The molecule has 0 aliphatic heterocycles. The molecule has 1 aliphatic carbocycles. The largest absolute Gasteiger partial charge is 0.352 e. The molecule has 0 bridgehead atoms. The second-order valence-electron chi connectivity index (χ2n) is 9.97. The van der Waals surface area contributed by atoms with Crippen LogP contribution in [0, 0.1) is 0 Å². The number of anilines is 1. The van der Waals surface area contributed by atoms with Crippen LogP contribution in [0.3, 0.4) is 0 Å². The number of carbonyl (C=O) groups is 2. The first-order chi connectivity index (χ1) is 19.1. The Balaban J connectivity index is 1.65. The lowest BCUT2D eigenvalue weighted by molar-refractivity contribution is -0.139. The summed E-state index contributed by atoms with van der Waals surface area (Å²) in [5, 5.41) is 3.66. The Morgan fingerprint density at radius 1 is 0.950 bits per heavy atom. The van der Waals surface area contributed by atoms with Crippen LogP contribution in [0.2, 0.25) is 5.02 Å². The predicted octanol–water partition coefficient (Wildman–Crippen LogP) is 6.16. The zero-order valence-corrected chi connectivity index (χ0v) is 25.5. The highest BCUT2D eigenvalue weighted by Gasteiger charge is 2.33. The molecule has 1 aliphatic rings. The Kier molecular flexibility index (Phi) is 10.3. The van der Waals surface area contributed by atoms with Crippen molar-refractivity contribution in [3.05, 3.63) is 93.9 Å². The standard InChI is InChI=1S/C30H33BrClN3O4S/c1-22(30(37)33-26-8-4-2-5-9-26)34(20-23-12-16-25(32)17-13-23)29(36)21-35(27-18-14-24(31)15-19-27)40(38,39)28-10-6-3-7-11-28/h3,6-7,10-19,22,26H,2,4-5,8-9,20-21H2,1H3,(H,33,37). The summed E-state index contributed by atoms with van der Waals surface area (Å²) in [7, 11) is -4.09. The van der Waals surface area contributed by atoms with E-state index in [1.54, 1.807) is 73.7 Å². The Bertz CT molecular complexity index is 1400. The number of nitrogens with zero attached hydrogens (tertiary/aromatic N) is 2. The van der Waals surface area contributed by atoms with Crippen molar-refractivity contribution in [1.82, 2.24) is 10.2 Å². The number of rotatable bonds is 10. The molecule has 40 heavy (non-hydrogen) atoms. The number of nitrogens with one attached hydrogen (secondary N) is 1. The number of sulfonamides is 1. The smallest absolute Gasteiger partial charge is 0.264 e. The molecule has 3 aromatic carbocycles. The molecule has 1 atom stereocenters. The minimum absolute atomic E-state index is 0.0676. The van der Waals surface area contributed by atoms with Crippen LogP contribution < -0.4 is 9.62 Å². The first kappa shape index (κ1) is 30.1. The first-order valence-corrected chi connectivity index (χ1v) is 15.9. The molecule has 1 N–H and O–H groups in total. The normalized spacial score (nSPS) is 14.8. The van der Waals surface area contributed by atoms with E-state index < -0.39 is 28.5 Å². The van der Waals surface area contributed by atoms with E-state index >= 15 is 0 Å². The molecule has 3 aromatic rings. The van der Waals surface area contributed by atoms with Crippen molar-refractivity contribution >= 4 is 55.1 Å².